The fourth-order valence-electron chi connectivity index (χ4n) is 6.70. The maximum absolute atomic E-state index is 14.5. The van der Waals surface area contributed by atoms with E-state index < -0.39 is 11.8 Å². The Bertz CT molecular complexity index is 1510. The predicted octanol–water partition coefficient (Wildman–Crippen LogP) is 6.14. The van der Waals surface area contributed by atoms with Gasteiger partial charge in [-0.3, -0.25) is 9.59 Å². The lowest BCUT2D eigenvalue weighted by atomic mass is 9.49. The molecule has 4 unspecified atom stereocenters. The van der Waals surface area contributed by atoms with Crippen molar-refractivity contribution in [2.24, 2.45) is 11.8 Å². The number of hydrogen-bond acceptors (Lipinski definition) is 8. The molecule has 8 aliphatic rings. The summed E-state index contributed by atoms with van der Waals surface area (Å²) in [7, 11) is 0. The highest BCUT2D eigenvalue weighted by atomic mass is 16.5. The van der Waals surface area contributed by atoms with Crippen molar-refractivity contribution in [2.45, 2.75) is 11.8 Å². The lowest BCUT2D eigenvalue weighted by Crippen LogP contribution is -2.51. The van der Waals surface area contributed by atoms with Crippen molar-refractivity contribution in [1.29, 1.82) is 0 Å². The lowest BCUT2D eigenvalue weighted by Gasteiger charge is -2.51. The van der Waals surface area contributed by atoms with E-state index in [9.17, 15) is 9.59 Å². The molecule has 46 heavy (non-hydrogen) atoms. The molecule has 0 amide bonds. The Morgan fingerprint density at radius 1 is 0.348 bits per heavy atom. The summed E-state index contributed by atoms with van der Waals surface area (Å²) in [5.41, 5.74) is 3.03. The Morgan fingerprint density at radius 2 is 0.630 bits per heavy atom. The number of benzene rings is 4. The van der Waals surface area contributed by atoms with E-state index in [0.29, 0.717) is 75.5 Å². The van der Waals surface area contributed by atoms with Crippen LogP contribution in [0.1, 0.15) is 43.7 Å². The fourth-order valence-corrected chi connectivity index (χ4v) is 6.70. The molecular weight excluding hydrogens is 584 g/mol. The number of rotatable bonds is 0. The highest BCUT2D eigenvalue weighted by Crippen LogP contribution is 2.60. The van der Waals surface area contributed by atoms with Crippen molar-refractivity contribution in [1.82, 2.24) is 0 Å². The van der Waals surface area contributed by atoms with Crippen molar-refractivity contribution in [3.8, 4) is 23.0 Å². The summed E-state index contributed by atoms with van der Waals surface area (Å²) in [6, 6.07) is 30.1. The zero-order valence-corrected chi connectivity index (χ0v) is 25.5. The SMILES string of the molecule is O=C1c2ccc(cc2)OCCOCCOc2ccc(cc2)C(=O)C2C1C1c3ccc(cc3)OCCOCCOc3ccc(cc3)C21. The van der Waals surface area contributed by atoms with Gasteiger partial charge in [0.25, 0.3) is 0 Å². The maximum Gasteiger partial charge on any atom is 0.167 e. The van der Waals surface area contributed by atoms with Gasteiger partial charge in [0.1, 0.15) is 49.4 Å². The standard InChI is InChI=1S/C38H36O8/c39-37-27-5-13-31(14-6-27)45-23-19-42-20-24-46-32-15-7-28(8-16-32)38(40)36-34-26-3-11-30(12-4-26)44-22-18-41-17-21-43-29-9-1-25(2-10-29)33(34)35(36)37/h1-16,33-36H,17-24H2. The molecule has 1 aliphatic carbocycles. The normalized spacial score (nSPS) is 23.6. The molecule has 8 bridgehead atoms. The van der Waals surface area contributed by atoms with Gasteiger partial charge in [-0.2, -0.15) is 0 Å². The summed E-state index contributed by atoms with van der Waals surface area (Å²) in [6.07, 6.45) is 0. The third-order valence-corrected chi connectivity index (χ3v) is 8.95. The first-order valence-electron chi connectivity index (χ1n) is 15.8. The third-order valence-electron chi connectivity index (χ3n) is 8.95. The second-order valence-electron chi connectivity index (χ2n) is 11.6. The van der Waals surface area contributed by atoms with Gasteiger partial charge in [0, 0.05) is 34.8 Å². The minimum Gasteiger partial charge on any atom is -0.491 e. The first-order valence-corrected chi connectivity index (χ1v) is 15.8. The van der Waals surface area contributed by atoms with Crippen molar-refractivity contribution in [2.75, 3.05) is 52.9 Å². The van der Waals surface area contributed by atoms with Gasteiger partial charge in [-0.25, -0.2) is 0 Å². The maximum atomic E-state index is 14.5. The zero-order chi connectivity index (χ0) is 31.3. The number of Topliss-reactive ketones (excluding diaryl/α,β-unsaturated/α-hetero) is 2. The molecular formula is C38H36O8. The second kappa shape index (κ2) is 13.8. The van der Waals surface area contributed by atoms with E-state index in [1.165, 1.54) is 0 Å². The number of ether oxygens (including phenoxy) is 6. The molecule has 8 heteroatoms. The summed E-state index contributed by atoms with van der Waals surface area (Å²) >= 11 is 0. The van der Waals surface area contributed by atoms with Gasteiger partial charge in [-0.05, 0) is 83.9 Å². The number of carbonyl (C=O) groups excluding carboxylic acids is 2. The number of carbonyl (C=O) groups is 2. The Labute approximate surface area is 268 Å². The van der Waals surface area contributed by atoms with E-state index in [1.807, 2.05) is 48.5 Å². The first kappa shape index (κ1) is 30.0. The molecule has 4 atom stereocenters. The first-order chi connectivity index (χ1) is 22.7. The molecule has 1 saturated carbocycles. The van der Waals surface area contributed by atoms with Crippen LogP contribution in [-0.2, 0) is 9.47 Å². The van der Waals surface area contributed by atoms with E-state index >= 15 is 0 Å². The smallest absolute Gasteiger partial charge is 0.167 e. The topological polar surface area (TPSA) is 89.5 Å². The van der Waals surface area contributed by atoms with Crippen LogP contribution in [0.25, 0.3) is 0 Å². The molecule has 8 nitrogen and oxygen atoms in total. The summed E-state index contributed by atoms with van der Waals surface area (Å²) in [5, 5.41) is 0. The van der Waals surface area contributed by atoms with Crippen LogP contribution in [0.2, 0.25) is 0 Å². The van der Waals surface area contributed by atoms with Crippen molar-refractivity contribution < 1.29 is 38.0 Å². The van der Waals surface area contributed by atoms with Gasteiger partial charge in [-0.15, -0.1) is 0 Å². The molecule has 7 heterocycles. The number of ketones is 2. The van der Waals surface area contributed by atoms with Crippen molar-refractivity contribution in [3.63, 3.8) is 0 Å². The fraction of sp³-hybridized carbons (Fsp3) is 0.316. The average molecular weight is 621 g/mol. The monoisotopic (exact) mass is 620 g/mol. The summed E-state index contributed by atoms with van der Waals surface area (Å²) < 4.78 is 34.7. The molecule has 0 spiro atoms. The largest absolute Gasteiger partial charge is 0.491 e. The van der Waals surface area contributed by atoms with Crippen molar-refractivity contribution >= 4 is 11.6 Å². The van der Waals surface area contributed by atoms with Gasteiger partial charge in [-0.1, -0.05) is 24.3 Å². The Morgan fingerprint density at radius 3 is 0.935 bits per heavy atom. The highest BCUT2D eigenvalue weighted by molar-refractivity contribution is 6.07. The Hall–Kier alpha value is -4.66. The highest BCUT2D eigenvalue weighted by Gasteiger charge is 2.57. The van der Waals surface area contributed by atoms with Crippen LogP contribution in [0.4, 0.5) is 0 Å². The van der Waals surface area contributed by atoms with Crippen LogP contribution >= 0.6 is 0 Å². The lowest BCUT2D eigenvalue weighted by molar-refractivity contribution is 0.0456. The Kier molecular flexibility index (Phi) is 8.98. The van der Waals surface area contributed by atoms with E-state index in [1.54, 1.807) is 48.5 Å². The average Bonchev–Trinajstić information content (AvgIpc) is 3.08. The quantitative estimate of drug-likeness (QED) is 0.232. The van der Waals surface area contributed by atoms with Crippen LogP contribution in [0.5, 0.6) is 23.0 Å². The molecule has 12 rings (SSSR count). The van der Waals surface area contributed by atoms with Gasteiger partial charge in [0.15, 0.2) is 11.6 Å². The van der Waals surface area contributed by atoms with Gasteiger partial charge in [0.2, 0.25) is 0 Å². The number of hydrogen-bond donors (Lipinski definition) is 0. The second-order valence-corrected chi connectivity index (χ2v) is 11.6. The van der Waals surface area contributed by atoms with Crippen LogP contribution in [-0.4, -0.2) is 64.4 Å². The van der Waals surface area contributed by atoms with Gasteiger partial charge in [0.05, 0.1) is 26.4 Å². The summed E-state index contributed by atoms with van der Waals surface area (Å²) in [4.78, 5) is 29.0. The van der Waals surface area contributed by atoms with Gasteiger partial charge >= 0.3 is 0 Å². The predicted molar refractivity (Wildman–Crippen MR) is 171 cm³/mol. The van der Waals surface area contributed by atoms with E-state index in [0.717, 1.165) is 22.6 Å². The molecule has 0 saturated heterocycles. The van der Waals surface area contributed by atoms with E-state index in [-0.39, 0.29) is 23.4 Å². The minimum atomic E-state index is -0.589. The Balaban J connectivity index is 1.32. The summed E-state index contributed by atoms with van der Waals surface area (Å²) in [5.74, 6) is 0.918. The van der Waals surface area contributed by atoms with E-state index in [2.05, 4.69) is 0 Å². The molecule has 4 aromatic rings. The molecule has 0 radical (unpaired) electrons. The number of fused-ring (bicyclic) bond motifs is 2. The molecule has 236 valence electrons. The zero-order valence-electron chi connectivity index (χ0n) is 25.5. The summed E-state index contributed by atoms with van der Waals surface area (Å²) in [6.45, 7) is 3.29. The van der Waals surface area contributed by atoms with Crippen LogP contribution in [0, 0.1) is 11.8 Å². The third kappa shape index (κ3) is 6.36. The van der Waals surface area contributed by atoms with Crippen LogP contribution < -0.4 is 18.9 Å². The van der Waals surface area contributed by atoms with E-state index in [4.69, 9.17) is 28.4 Å². The minimum absolute atomic E-state index is 0.0735. The molecule has 4 aromatic carbocycles. The molecule has 7 aliphatic heterocycles. The molecule has 0 aromatic heterocycles. The molecule has 0 N–H and O–H groups in total. The van der Waals surface area contributed by atoms with Crippen LogP contribution in [0.15, 0.2) is 97.1 Å². The van der Waals surface area contributed by atoms with Crippen molar-refractivity contribution in [3.05, 3.63) is 119 Å². The molecule has 1 fully saturated rings. The van der Waals surface area contributed by atoms with Gasteiger partial charge < -0.3 is 28.4 Å². The van der Waals surface area contributed by atoms with Crippen LogP contribution in [0.3, 0.4) is 0 Å².